The Morgan fingerprint density at radius 2 is 1.87 bits per heavy atom. The molecule has 0 aliphatic carbocycles. The Bertz CT molecular complexity index is 1180. The number of aromatic nitrogens is 2. The van der Waals surface area contributed by atoms with E-state index in [1.807, 2.05) is 31.2 Å². The summed E-state index contributed by atoms with van der Waals surface area (Å²) in [5.74, 6) is 0.218. The first-order valence-electron chi connectivity index (χ1n) is 9.36. The second-order valence-corrected chi connectivity index (χ2v) is 7.21. The van der Waals surface area contributed by atoms with Gasteiger partial charge in [0, 0.05) is 10.7 Å². The number of hydrogen-bond donors (Lipinski definition) is 2. The molecule has 7 nitrogen and oxygen atoms in total. The summed E-state index contributed by atoms with van der Waals surface area (Å²) in [6.45, 7) is 1.86. The van der Waals surface area contributed by atoms with E-state index in [2.05, 4.69) is 15.6 Å². The minimum atomic E-state index is -0.446. The van der Waals surface area contributed by atoms with Gasteiger partial charge in [0.1, 0.15) is 12.4 Å². The van der Waals surface area contributed by atoms with Crippen molar-refractivity contribution < 1.29 is 14.0 Å². The smallest absolute Gasteiger partial charge is 0.287 e. The molecule has 4 aromatic rings. The summed E-state index contributed by atoms with van der Waals surface area (Å²) in [5, 5.41) is 6.31. The Morgan fingerprint density at radius 1 is 1.10 bits per heavy atom. The number of imidazole rings is 1. The van der Waals surface area contributed by atoms with E-state index in [4.69, 9.17) is 16.0 Å². The summed E-state index contributed by atoms with van der Waals surface area (Å²) in [6.07, 6.45) is 1.44. The summed E-state index contributed by atoms with van der Waals surface area (Å²) >= 11 is 5.90. The van der Waals surface area contributed by atoms with Crippen molar-refractivity contribution in [2.75, 3.05) is 5.32 Å². The van der Waals surface area contributed by atoms with E-state index < -0.39 is 6.04 Å². The van der Waals surface area contributed by atoms with Crippen LogP contribution < -0.4 is 10.6 Å². The minimum Gasteiger partial charge on any atom is -0.459 e. The van der Waals surface area contributed by atoms with Crippen LogP contribution in [0.3, 0.4) is 0 Å². The van der Waals surface area contributed by atoms with Crippen LogP contribution >= 0.6 is 11.6 Å². The highest BCUT2D eigenvalue weighted by molar-refractivity contribution is 6.30. The van der Waals surface area contributed by atoms with E-state index in [9.17, 15) is 9.59 Å². The molecule has 152 valence electrons. The molecule has 0 radical (unpaired) electrons. The number of hydrogen-bond acceptors (Lipinski definition) is 4. The van der Waals surface area contributed by atoms with Crippen molar-refractivity contribution in [3.63, 3.8) is 0 Å². The molecular formula is C22H19ClN4O3. The predicted molar refractivity (Wildman–Crippen MR) is 114 cm³/mol. The average Bonchev–Trinajstić information content (AvgIpc) is 3.39. The molecule has 2 heterocycles. The van der Waals surface area contributed by atoms with Crippen LogP contribution in [0.2, 0.25) is 5.02 Å². The number of carbonyl (C=O) groups is 2. The molecule has 0 fully saturated rings. The van der Waals surface area contributed by atoms with Gasteiger partial charge < -0.3 is 19.6 Å². The van der Waals surface area contributed by atoms with Gasteiger partial charge in [-0.05, 0) is 55.5 Å². The number of fused-ring (bicyclic) bond motifs is 1. The molecule has 0 aliphatic heterocycles. The molecule has 1 atom stereocenters. The minimum absolute atomic E-state index is 0.0411. The normalized spacial score (nSPS) is 11.9. The zero-order valence-corrected chi connectivity index (χ0v) is 16.9. The third-order valence-corrected chi connectivity index (χ3v) is 4.85. The van der Waals surface area contributed by atoms with E-state index in [0.29, 0.717) is 16.5 Å². The third-order valence-electron chi connectivity index (χ3n) is 4.59. The van der Waals surface area contributed by atoms with Crippen molar-refractivity contribution in [1.82, 2.24) is 14.9 Å². The number of nitrogens with zero attached hydrogens (tertiary/aromatic N) is 2. The van der Waals surface area contributed by atoms with Crippen LogP contribution in [-0.2, 0) is 11.3 Å². The number of furan rings is 1. The van der Waals surface area contributed by atoms with E-state index >= 15 is 0 Å². The van der Waals surface area contributed by atoms with Crippen LogP contribution in [0.5, 0.6) is 0 Å². The van der Waals surface area contributed by atoms with Gasteiger partial charge in [0.15, 0.2) is 5.76 Å². The molecule has 2 aromatic heterocycles. The number of benzene rings is 2. The molecule has 0 spiro atoms. The van der Waals surface area contributed by atoms with Crippen molar-refractivity contribution in [3.8, 4) is 0 Å². The van der Waals surface area contributed by atoms with Gasteiger partial charge in [0.05, 0.1) is 23.3 Å². The lowest BCUT2D eigenvalue weighted by molar-refractivity contribution is -0.116. The van der Waals surface area contributed by atoms with Crippen LogP contribution in [0.1, 0.15) is 29.3 Å². The van der Waals surface area contributed by atoms with Crippen molar-refractivity contribution >= 4 is 40.1 Å². The highest BCUT2D eigenvalue weighted by Crippen LogP contribution is 2.22. The summed E-state index contributed by atoms with van der Waals surface area (Å²) in [5.41, 5.74) is 2.19. The summed E-state index contributed by atoms with van der Waals surface area (Å²) in [4.78, 5) is 29.7. The maximum Gasteiger partial charge on any atom is 0.287 e. The fourth-order valence-electron chi connectivity index (χ4n) is 3.21. The van der Waals surface area contributed by atoms with Crippen LogP contribution in [-0.4, -0.2) is 21.4 Å². The molecule has 8 heteroatoms. The fraction of sp³-hybridized carbons (Fsp3) is 0.136. The summed E-state index contributed by atoms with van der Waals surface area (Å²) in [6, 6.07) is 17.2. The highest BCUT2D eigenvalue weighted by Gasteiger charge is 2.21. The van der Waals surface area contributed by atoms with Crippen molar-refractivity contribution in [2.45, 2.75) is 19.5 Å². The van der Waals surface area contributed by atoms with Crippen LogP contribution in [0.25, 0.3) is 11.0 Å². The third kappa shape index (κ3) is 4.21. The van der Waals surface area contributed by atoms with Crippen LogP contribution in [0, 0.1) is 0 Å². The molecular weight excluding hydrogens is 404 g/mol. The lowest BCUT2D eigenvalue weighted by Crippen LogP contribution is -2.29. The Labute approximate surface area is 177 Å². The number of rotatable bonds is 6. The first kappa shape index (κ1) is 19.7. The first-order valence-corrected chi connectivity index (χ1v) is 9.74. The second kappa shape index (κ2) is 8.42. The van der Waals surface area contributed by atoms with E-state index in [0.717, 1.165) is 11.0 Å². The molecule has 0 bridgehead atoms. The van der Waals surface area contributed by atoms with Crippen molar-refractivity contribution in [1.29, 1.82) is 0 Å². The van der Waals surface area contributed by atoms with Gasteiger partial charge in [-0.2, -0.15) is 0 Å². The maximum absolute atomic E-state index is 12.7. The largest absolute Gasteiger partial charge is 0.459 e. The number of halogens is 1. The van der Waals surface area contributed by atoms with Crippen LogP contribution in [0.15, 0.2) is 71.3 Å². The molecule has 2 amide bonds. The lowest BCUT2D eigenvalue weighted by Gasteiger charge is -2.16. The molecule has 0 saturated carbocycles. The SMILES string of the molecule is CC(NC(=O)c1ccco1)c1nc2ccccc2n1CC(=O)Nc1ccc(Cl)cc1. The van der Waals surface area contributed by atoms with Crippen molar-refractivity contribution in [2.24, 2.45) is 0 Å². The number of anilines is 1. The topological polar surface area (TPSA) is 89.2 Å². The van der Waals surface area contributed by atoms with Gasteiger partial charge in [-0.1, -0.05) is 23.7 Å². The number of carbonyl (C=O) groups excluding carboxylic acids is 2. The van der Waals surface area contributed by atoms with Gasteiger partial charge in [-0.25, -0.2) is 4.98 Å². The number of para-hydroxylation sites is 2. The molecule has 0 aliphatic rings. The fourth-order valence-corrected chi connectivity index (χ4v) is 3.33. The Kier molecular flexibility index (Phi) is 5.54. The van der Waals surface area contributed by atoms with Gasteiger partial charge in [0.2, 0.25) is 5.91 Å². The predicted octanol–water partition coefficient (Wildman–Crippen LogP) is 4.41. The molecule has 4 rings (SSSR count). The Balaban J connectivity index is 1.59. The first-order chi connectivity index (χ1) is 14.5. The van der Waals surface area contributed by atoms with Gasteiger partial charge in [-0.15, -0.1) is 0 Å². The lowest BCUT2D eigenvalue weighted by atomic mass is 10.2. The van der Waals surface area contributed by atoms with E-state index in [-0.39, 0.29) is 24.1 Å². The molecule has 0 saturated heterocycles. The van der Waals surface area contributed by atoms with Crippen LogP contribution in [0.4, 0.5) is 5.69 Å². The molecule has 2 N–H and O–H groups in total. The van der Waals surface area contributed by atoms with Gasteiger partial charge in [0.25, 0.3) is 5.91 Å². The quantitative estimate of drug-likeness (QED) is 0.481. The standard InChI is InChI=1S/C22H19ClN4O3/c1-14(24-22(29)19-7-4-12-30-19)21-26-17-5-2-3-6-18(17)27(21)13-20(28)25-16-10-8-15(23)9-11-16/h2-12,14H,13H2,1H3,(H,24,29)(H,25,28). The average molecular weight is 423 g/mol. The Morgan fingerprint density at radius 3 is 2.60 bits per heavy atom. The molecule has 1 unspecified atom stereocenters. The zero-order chi connectivity index (χ0) is 21.1. The van der Waals surface area contributed by atoms with Gasteiger partial charge >= 0.3 is 0 Å². The van der Waals surface area contributed by atoms with Crippen molar-refractivity contribution in [3.05, 3.63) is 83.5 Å². The van der Waals surface area contributed by atoms with E-state index in [1.54, 1.807) is 41.0 Å². The van der Waals surface area contributed by atoms with Gasteiger partial charge in [-0.3, -0.25) is 9.59 Å². The summed E-state index contributed by atoms with van der Waals surface area (Å²) in [7, 11) is 0. The maximum atomic E-state index is 12.7. The monoisotopic (exact) mass is 422 g/mol. The number of amides is 2. The highest BCUT2D eigenvalue weighted by atomic mass is 35.5. The number of nitrogens with one attached hydrogen (secondary N) is 2. The summed E-state index contributed by atoms with van der Waals surface area (Å²) < 4.78 is 6.95. The molecule has 30 heavy (non-hydrogen) atoms. The Hall–Kier alpha value is -3.58. The van der Waals surface area contributed by atoms with E-state index in [1.165, 1.54) is 6.26 Å². The zero-order valence-electron chi connectivity index (χ0n) is 16.1. The second-order valence-electron chi connectivity index (χ2n) is 6.77. The molecule has 2 aromatic carbocycles.